The monoisotopic (exact) mass is 255 g/mol. The first-order valence-corrected chi connectivity index (χ1v) is 8.16. The zero-order chi connectivity index (χ0) is 13.1. The Morgan fingerprint density at radius 1 is 0.944 bits per heavy atom. The molecule has 0 heterocycles. The highest BCUT2D eigenvalue weighted by Crippen LogP contribution is 2.30. The van der Waals surface area contributed by atoms with Gasteiger partial charge in [-0.15, -0.1) is 0 Å². The zero-order valence-electron chi connectivity index (χ0n) is 12.3. The van der Waals surface area contributed by atoms with Gasteiger partial charge in [-0.3, -0.25) is 0 Å². The van der Waals surface area contributed by atoms with Gasteiger partial charge >= 0.3 is 0 Å². The highest BCUT2D eigenvalue weighted by Gasteiger charge is 2.18. The number of unbranched alkanes of at least 4 members (excludes halogenated alkanes) is 1. The van der Waals surface area contributed by atoms with Crippen molar-refractivity contribution in [3.8, 4) is 0 Å². The van der Waals surface area contributed by atoms with Crippen LogP contribution in [0.15, 0.2) is 0 Å². The topological polar surface area (TPSA) is 32.3 Å². The van der Waals surface area contributed by atoms with Crippen LogP contribution in [0.25, 0.3) is 0 Å². The molecule has 0 aromatic rings. The molecule has 0 bridgehead atoms. The molecule has 2 heteroatoms. The van der Waals surface area contributed by atoms with Crippen molar-refractivity contribution in [1.29, 1.82) is 0 Å². The third-order valence-corrected chi connectivity index (χ3v) is 4.48. The summed E-state index contributed by atoms with van der Waals surface area (Å²) in [4.78, 5) is 0. The van der Waals surface area contributed by atoms with Crippen LogP contribution >= 0.6 is 0 Å². The summed E-state index contributed by atoms with van der Waals surface area (Å²) >= 11 is 0. The van der Waals surface area contributed by atoms with Gasteiger partial charge in [-0.25, -0.2) is 0 Å². The minimum absolute atomic E-state index is 0.335. The number of hydrogen-bond acceptors (Lipinski definition) is 2. The Balaban J connectivity index is 2.01. The van der Waals surface area contributed by atoms with Crippen LogP contribution in [0.5, 0.6) is 0 Å². The van der Waals surface area contributed by atoms with Crippen molar-refractivity contribution in [2.75, 3.05) is 19.7 Å². The smallest absolute Gasteiger partial charge is 0.0431 e. The van der Waals surface area contributed by atoms with Crippen LogP contribution in [-0.2, 0) is 0 Å². The van der Waals surface area contributed by atoms with Crippen molar-refractivity contribution >= 4 is 0 Å². The van der Waals surface area contributed by atoms with Gasteiger partial charge in [0.2, 0.25) is 0 Å². The number of rotatable bonds is 8. The van der Waals surface area contributed by atoms with E-state index >= 15 is 0 Å². The van der Waals surface area contributed by atoms with Gasteiger partial charge in [-0.2, -0.15) is 0 Å². The lowest BCUT2D eigenvalue weighted by atomic mass is 9.80. The summed E-state index contributed by atoms with van der Waals surface area (Å²) in [5.41, 5.74) is 0. The Hall–Kier alpha value is -0.0800. The van der Waals surface area contributed by atoms with Crippen LogP contribution in [0.4, 0.5) is 0 Å². The predicted molar refractivity (Wildman–Crippen MR) is 78.8 cm³/mol. The third kappa shape index (κ3) is 7.38. The second kappa shape index (κ2) is 10.8. The molecule has 2 unspecified atom stereocenters. The number of aliphatic hydroxyl groups excluding tert-OH is 1. The molecule has 0 saturated heterocycles. The first-order valence-electron chi connectivity index (χ1n) is 8.16. The predicted octanol–water partition coefficient (Wildman–Crippen LogP) is 3.74. The molecule has 2 atom stereocenters. The van der Waals surface area contributed by atoms with E-state index in [0.717, 1.165) is 37.8 Å². The number of aliphatic hydroxyl groups is 1. The molecule has 0 aliphatic heterocycles. The number of hydrogen-bond donors (Lipinski definition) is 2. The fraction of sp³-hybridized carbons (Fsp3) is 1.00. The molecule has 0 aromatic carbocycles. The fourth-order valence-corrected chi connectivity index (χ4v) is 3.15. The van der Waals surface area contributed by atoms with Gasteiger partial charge in [-0.1, -0.05) is 45.4 Å². The minimum atomic E-state index is 0.335. The SMILES string of the molecule is CC1CCCCCCC1CCCNCCCCO. The van der Waals surface area contributed by atoms with Gasteiger partial charge in [0, 0.05) is 6.61 Å². The van der Waals surface area contributed by atoms with Crippen LogP contribution in [0, 0.1) is 11.8 Å². The van der Waals surface area contributed by atoms with Crippen LogP contribution in [0.2, 0.25) is 0 Å². The third-order valence-electron chi connectivity index (χ3n) is 4.48. The minimum Gasteiger partial charge on any atom is -0.396 e. The maximum Gasteiger partial charge on any atom is 0.0431 e. The van der Waals surface area contributed by atoms with Crippen molar-refractivity contribution in [2.45, 2.75) is 71.1 Å². The quantitative estimate of drug-likeness (QED) is 0.648. The standard InChI is InChI=1S/C16H33NO/c1-15-9-4-2-3-5-10-16(15)11-8-13-17-12-6-7-14-18/h15-18H,2-14H2,1H3. The molecule has 1 saturated carbocycles. The van der Waals surface area contributed by atoms with Crippen molar-refractivity contribution < 1.29 is 5.11 Å². The van der Waals surface area contributed by atoms with Crippen LogP contribution in [0.3, 0.4) is 0 Å². The highest BCUT2D eigenvalue weighted by molar-refractivity contribution is 4.70. The van der Waals surface area contributed by atoms with E-state index in [9.17, 15) is 0 Å². The molecular weight excluding hydrogens is 222 g/mol. The zero-order valence-corrected chi connectivity index (χ0v) is 12.3. The van der Waals surface area contributed by atoms with Crippen LogP contribution in [-0.4, -0.2) is 24.8 Å². The maximum atomic E-state index is 8.69. The van der Waals surface area contributed by atoms with E-state index in [4.69, 9.17) is 5.11 Å². The Kier molecular flexibility index (Phi) is 9.59. The molecular formula is C16H33NO. The van der Waals surface area contributed by atoms with E-state index < -0.39 is 0 Å². The highest BCUT2D eigenvalue weighted by atomic mass is 16.2. The molecule has 0 aromatic heterocycles. The van der Waals surface area contributed by atoms with E-state index in [2.05, 4.69) is 12.2 Å². The molecule has 2 nitrogen and oxygen atoms in total. The Morgan fingerprint density at radius 2 is 1.67 bits per heavy atom. The lowest BCUT2D eigenvalue weighted by Crippen LogP contribution is -2.20. The lowest BCUT2D eigenvalue weighted by molar-refractivity contribution is 0.259. The van der Waals surface area contributed by atoms with E-state index in [-0.39, 0.29) is 0 Å². The molecule has 0 amide bonds. The van der Waals surface area contributed by atoms with Crippen molar-refractivity contribution in [1.82, 2.24) is 5.32 Å². The van der Waals surface area contributed by atoms with Crippen molar-refractivity contribution in [3.63, 3.8) is 0 Å². The normalized spacial score (nSPS) is 25.7. The van der Waals surface area contributed by atoms with E-state index in [1.54, 1.807) is 0 Å². The Bertz CT molecular complexity index is 184. The van der Waals surface area contributed by atoms with E-state index in [0.29, 0.717) is 6.61 Å². The van der Waals surface area contributed by atoms with Gasteiger partial charge in [0.15, 0.2) is 0 Å². The maximum absolute atomic E-state index is 8.69. The lowest BCUT2D eigenvalue weighted by Gasteiger charge is -2.26. The molecule has 1 aliphatic rings. The number of nitrogens with one attached hydrogen (secondary N) is 1. The molecule has 18 heavy (non-hydrogen) atoms. The van der Waals surface area contributed by atoms with Crippen molar-refractivity contribution in [3.05, 3.63) is 0 Å². The molecule has 0 radical (unpaired) electrons. The van der Waals surface area contributed by atoms with Gasteiger partial charge in [0.25, 0.3) is 0 Å². The van der Waals surface area contributed by atoms with Crippen LogP contribution < -0.4 is 5.32 Å². The molecule has 108 valence electrons. The summed E-state index contributed by atoms with van der Waals surface area (Å²) < 4.78 is 0. The summed E-state index contributed by atoms with van der Waals surface area (Å²) in [6.07, 6.45) is 13.5. The fourth-order valence-electron chi connectivity index (χ4n) is 3.15. The van der Waals surface area contributed by atoms with E-state index in [1.165, 1.54) is 51.4 Å². The second-order valence-electron chi connectivity index (χ2n) is 6.05. The van der Waals surface area contributed by atoms with E-state index in [1.807, 2.05) is 0 Å². The molecule has 0 spiro atoms. The summed E-state index contributed by atoms with van der Waals surface area (Å²) in [5, 5.41) is 12.2. The summed E-state index contributed by atoms with van der Waals surface area (Å²) in [5.74, 6) is 1.92. The first kappa shape index (κ1) is 16.0. The van der Waals surface area contributed by atoms with Crippen molar-refractivity contribution in [2.24, 2.45) is 11.8 Å². The summed E-state index contributed by atoms with van der Waals surface area (Å²) in [6.45, 7) is 5.03. The average molecular weight is 255 g/mol. The Labute approximate surface area is 114 Å². The average Bonchev–Trinajstić information content (AvgIpc) is 2.36. The molecule has 2 N–H and O–H groups in total. The Morgan fingerprint density at radius 3 is 2.44 bits per heavy atom. The van der Waals surface area contributed by atoms with Crippen LogP contribution in [0.1, 0.15) is 71.1 Å². The summed E-state index contributed by atoms with van der Waals surface area (Å²) in [6, 6.07) is 0. The van der Waals surface area contributed by atoms with Gasteiger partial charge in [-0.05, 0) is 50.6 Å². The van der Waals surface area contributed by atoms with Gasteiger partial charge in [0.05, 0.1) is 0 Å². The first-order chi connectivity index (χ1) is 8.84. The molecule has 1 aliphatic carbocycles. The molecule has 1 rings (SSSR count). The molecule has 1 fully saturated rings. The largest absolute Gasteiger partial charge is 0.396 e. The summed E-state index contributed by atoms with van der Waals surface area (Å²) in [7, 11) is 0. The van der Waals surface area contributed by atoms with Gasteiger partial charge in [0.1, 0.15) is 0 Å². The van der Waals surface area contributed by atoms with Gasteiger partial charge < -0.3 is 10.4 Å². The second-order valence-corrected chi connectivity index (χ2v) is 6.05.